The molecule has 24 heavy (non-hydrogen) atoms. The van der Waals surface area contributed by atoms with Gasteiger partial charge in [-0.25, -0.2) is 0 Å². The van der Waals surface area contributed by atoms with Gasteiger partial charge in [0, 0.05) is 18.3 Å². The minimum Gasteiger partial charge on any atom is -0.351 e. The molecule has 0 saturated carbocycles. The number of hydrogen-bond acceptors (Lipinski definition) is 3. The normalized spacial score (nSPS) is 20.3. The molecular weight excluding hydrogens is 326 g/mol. The fourth-order valence-corrected chi connectivity index (χ4v) is 2.98. The molecule has 6 heteroatoms. The number of halogens is 1. The van der Waals surface area contributed by atoms with E-state index in [2.05, 4.69) is 15.6 Å². The van der Waals surface area contributed by atoms with Gasteiger partial charge in [0.15, 0.2) is 0 Å². The van der Waals surface area contributed by atoms with Crippen molar-refractivity contribution in [2.75, 3.05) is 0 Å². The zero-order valence-corrected chi connectivity index (χ0v) is 13.8. The largest absolute Gasteiger partial charge is 0.351 e. The Morgan fingerprint density at radius 3 is 2.75 bits per heavy atom. The third-order valence-electron chi connectivity index (χ3n) is 4.04. The van der Waals surface area contributed by atoms with Gasteiger partial charge in [0.1, 0.15) is 0 Å². The van der Waals surface area contributed by atoms with Crippen LogP contribution in [-0.2, 0) is 16.0 Å². The second-order valence-corrected chi connectivity index (χ2v) is 6.25. The van der Waals surface area contributed by atoms with Crippen molar-refractivity contribution in [1.82, 2.24) is 15.6 Å². The van der Waals surface area contributed by atoms with Crippen LogP contribution >= 0.6 is 11.6 Å². The summed E-state index contributed by atoms with van der Waals surface area (Å²) in [7, 11) is 0. The van der Waals surface area contributed by atoms with E-state index in [1.54, 1.807) is 12.1 Å². The van der Waals surface area contributed by atoms with Crippen LogP contribution in [0.3, 0.4) is 0 Å². The molecule has 0 bridgehead atoms. The molecule has 2 N–H and O–H groups in total. The number of piperidine rings is 1. The lowest BCUT2D eigenvalue weighted by atomic mass is 9.92. The number of rotatable bonds is 4. The lowest BCUT2D eigenvalue weighted by molar-refractivity contribution is -0.126. The molecule has 1 aliphatic rings. The quantitative estimate of drug-likeness (QED) is 0.895. The van der Waals surface area contributed by atoms with E-state index in [0.29, 0.717) is 23.6 Å². The number of aromatic nitrogens is 1. The van der Waals surface area contributed by atoms with Crippen molar-refractivity contribution in [2.45, 2.75) is 31.3 Å². The van der Waals surface area contributed by atoms with E-state index >= 15 is 0 Å². The topological polar surface area (TPSA) is 71.1 Å². The predicted octanol–water partition coefficient (Wildman–Crippen LogP) is 2.41. The first-order chi connectivity index (χ1) is 11.6. The maximum Gasteiger partial charge on any atom is 0.226 e. The molecule has 2 amide bonds. The van der Waals surface area contributed by atoms with Crippen molar-refractivity contribution in [1.29, 1.82) is 0 Å². The zero-order chi connectivity index (χ0) is 16.9. The molecule has 1 aromatic carbocycles. The Hall–Kier alpha value is -2.40. The van der Waals surface area contributed by atoms with E-state index in [0.717, 1.165) is 5.56 Å². The molecule has 5 nitrogen and oxygen atoms in total. The molecular formula is C18H18ClN3O2. The van der Waals surface area contributed by atoms with Crippen LogP contribution < -0.4 is 10.6 Å². The summed E-state index contributed by atoms with van der Waals surface area (Å²) in [4.78, 5) is 28.2. The van der Waals surface area contributed by atoms with Gasteiger partial charge in [0.25, 0.3) is 0 Å². The van der Waals surface area contributed by atoms with Crippen LogP contribution in [-0.4, -0.2) is 22.8 Å². The highest BCUT2D eigenvalue weighted by atomic mass is 35.5. The molecule has 2 atom stereocenters. The summed E-state index contributed by atoms with van der Waals surface area (Å²) < 4.78 is 0. The van der Waals surface area contributed by atoms with Gasteiger partial charge >= 0.3 is 0 Å². The number of nitrogens with zero attached hydrogens (tertiary/aromatic N) is 1. The Bertz CT molecular complexity index is 719. The van der Waals surface area contributed by atoms with E-state index in [-0.39, 0.29) is 30.3 Å². The van der Waals surface area contributed by atoms with Crippen LogP contribution in [0.4, 0.5) is 0 Å². The third-order valence-corrected chi connectivity index (χ3v) is 4.26. The molecule has 3 rings (SSSR count). The smallest absolute Gasteiger partial charge is 0.226 e. The Labute approximate surface area is 145 Å². The molecule has 2 aromatic rings. The number of carbonyl (C=O) groups excluding carboxylic acids is 2. The lowest BCUT2D eigenvalue weighted by Crippen LogP contribution is -2.50. The van der Waals surface area contributed by atoms with Crippen molar-refractivity contribution in [2.24, 2.45) is 0 Å². The highest BCUT2D eigenvalue weighted by Gasteiger charge is 2.30. The van der Waals surface area contributed by atoms with Crippen LogP contribution in [0.2, 0.25) is 5.02 Å². The van der Waals surface area contributed by atoms with E-state index < -0.39 is 0 Å². The van der Waals surface area contributed by atoms with Gasteiger partial charge in [-0.1, -0.05) is 41.9 Å². The fourth-order valence-electron chi connectivity index (χ4n) is 2.86. The minimum atomic E-state index is -0.213. The molecule has 0 aliphatic carbocycles. The molecule has 124 valence electrons. The van der Waals surface area contributed by atoms with E-state index in [1.807, 2.05) is 30.3 Å². The first kappa shape index (κ1) is 16.5. The number of nitrogens with one attached hydrogen (secondary N) is 2. The number of hydrogen-bond donors (Lipinski definition) is 2. The average Bonchev–Trinajstić information content (AvgIpc) is 2.59. The maximum atomic E-state index is 12.3. The van der Waals surface area contributed by atoms with E-state index in [4.69, 9.17) is 11.6 Å². The predicted molar refractivity (Wildman–Crippen MR) is 91.4 cm³/mol. The molecule has 0 spiro atoms. The van der Waals surface area contributed by atoms with Crippen molar-refractivity contribution < 1.29 is 9.59 Å². The average molecular weight is 344 g/mol. The van der Waals surface area contributed by atoms with Crippen molar-refractivity contribution in [3.63, 3.8) is 0 Å². The van der Waals surface area contributed by atoms with Crippen LogP contribution in [0.25, 0.3) is 0 Å². The Morgan fingerprint density at radius 2 is 2.04 bits per heavy atom. The van der Waals surface area contributed by atoms with Crippen LogP contribution in [0.5, 0.6) is 0 Å². The first-order valence-corrected chi connectivity index (χ1v) is 8.24. The van der Waals surface area contributed by atoms with Gasteiger partial charge < -0.3 is 10.6 Å². The minimum absolute atomic E-state index is 0.00807. The summed E-state index contributed by atoms with van der Waals surface area (Å²) in [5.41, 5.74) is 1.65. The molecule has 1 aromatic heterocycles. The molecule has 1 fully saturated rings. The SMILES string of the molecule is O=C(Cc1ccc(Cl)cn1)N[C@@H]1CCC(=O)N[C@H]1c1ccccc1. The number of amides is 2. The molecule has 1 saturated heterocycles. The number of benzene rings is 1. The molecule has 2 heterocycles. The van der Waals surface area contributed by atoms with Crippen molar-refractivity contribution >= 4 is 23.4 Å². The Kier molecular flexibility index (Phi) is 5.11. The Balaban J connectivity index is 1.68. The monoisotopic (exact) mass is 343 g/mol. The van der Waals surface area contributed by atoms with Gasteiger partial charge in [-0.15, -0.1) is 0 Å². The second kappa shape index (κ2) is 7.45. The van der Waals surface area contributed by atoms with E-state index in [9.17, 15) is 9.59 Å². The highest BCUT2D eigenvalue weighted by Crippen LogP contribution is 2.24. The summed E-state index contributed by atoms with van der Waals surface area (Å²) >= 11 is 5.80. The number of carbonyl (C=O) groups is 2. The maximum absolute atomic E-state index is 12.3. The fraction of sp³-hybridized carbons (Fsp3) is 0.278. The van der Waals surface area contributed by atoms with Crippen LogP contribution in [0.15, 0.2) is 48.7 Å². The van der Waals surface area contributed by atoms with Crippen LogP contribution in [0, 0.1) is 0 Å². The van der Waals surface area contributed by atoms with E-state index in [1.165, 1.54) is 6.20 Å². The Morgan fingerprint density at radius 1 is 1.25 bits per heavy atom. The first-order valence-electron chi connectivity index (χ1n) is 7.86. The second-order valence-electron chi connectivity index (χ2n) is 5.81. The summed E-state index contributed by atoms with van der Waals surface area (Å²) in [5, 5.41) is 6.54. The summed E-state index contributed by atoms with van der Waals surface area (Å²) in [6, 6.07) is 12.8. The van der Waals surface area contributed by atoms with Crippen molar-refractivity contribution in [3.8, 4) is 0 Å². The highest BCUT2D eigenvalue weighted by molar-refractivity contribution is 6.30. The van der Waals surface area contributed by atoms with Gasteiger partial charge in [-0.3, -0.25) is 14.6 Å². The van der Waals surface area contributed by atoms with Crippen LogP contribution in [0.1, 0.15) is 30.1 Å². The molecule has 0 radical (unpaired) electrons. The standard InChI is InChI=1S/C18H18ClN3O2/c19-13-6-7-14(20-11-13)10-17(24)21-15-8-9-16(23)22-18(15)12-4-2-1-3-5-12/h1-7,11,15,18H,8-10H2,(H,21,24)(H,22,23)/t15-,18+/m1/s1. The van der Waals surface area contributed by atoms with Gasteiger partial charge in [0.05, 0.1) is 23.5 Å². The zero-order valence-electron chi connectivity index (χ0n) is 13.0. The molecule has 0 unspecified atom stereocenters. The lowest BCUT2D eigenvalue weighted by Gasteiger charge is -2.33. The van der Waals surface area contributed by atoms with Gasteiger partial charge in [0.2, 0.25) is 11.8 Å². The third kappa shape index (κ3) is 4.11. The number of pyridine rings is 1. The summed E-state index contributed by atoms with van der Waals surface area (Å²) in [5.74, 6) is -0.111. The summed E-state index contributed by atoms with van der Waals surface area (Å²) in [6.07, 6.45) is 2.74. The van der Waals surface area contributed by atoms with Gasteiger partial charge in [-0.05, 0) is 24.1 Å². The van der Waals surface area contributed by atoms with Crippen molar-refractivity contribution in [3.05, 3.63) is 64.9 Å². The summed E-state index contributed by atoms with van der Waals surface area (Å²) in [6.45, 7) is 0. The molecule has 1 aliphatic heterocycles. The van der Waals surface area contributed by atoms with Gasteiger partial charge in [-0.2, -0.15) is 0 Å².